The first-order valence-corrected chi connectivity index (χ1v) is 14.1. The van der Waals surface area contributed by atoms with Crippen LogP contribution in [0.3, 0.4) is 0 Å². The van der Waals surface area contributed by atoms with Gasteiger partial charge in [-0.15, -0.1) is 0 Å². The zero-order valence-corrected chi connectivity index (χ0v) is 23.6. The summed E-state index contributed by atoms with van der Waals surface area (Å²) in [5.74, 6) is -3.70. The zero-order valence-electron chi connectivity index (χ0n) is 22.0. The second-order valence-corrected chi connectivity index (χ2v) is 11.3. The number of carbonyl (C=O) groups excluding carboxylic acids is 1. The molecule has 0 atom stereocenters. The van der Waals surface area contributed by atoms with E-state index in [1.807, 2.05) is 0 Å². The molecule has 1 saturated heterocycles. The van der Waals surface area contributed by atoms with E-state index in [0.29, 0.717) is 52.4 Å². The Kier molecular flexibility index (Phi) is 8.63. The van der Waals surface area contributed by atoms with E-state index in [2.05, 4.69) is 0 Å². The van der Waals surface area contributed by atoms with Gasteiger partial charge in [-0.1, -0.05) is 35.5 Å². The molecule has 1 aliphatic heterocycles. The van der Waals surface area contributed by atoms with E-state index in [4.69, 9.17) is 16.3 Å². The molecule has 2 heterocycles. The third-order valence-corrected chi connectivity index (χ3v) is 8.68. The summed E-state index contributed by atoms with van der Waals surface area (Å²) in [4.78, 5) is 27.9. The van der Waals surface area contributed by atoms with Gasteiger partial charge in [-0.2, -0.15) is 0 Å². The molecule has 1 aromatic heterocycles. The molecule has 0 spiro atoms. The Balaban J connectivity index is 1.30. The van der Waals surface area contributed by atoms with Crippen molar-refractivity contribution in [1.82, 2.24) is 9.47 Å². The molecule has 1 amide bonds. The summed E-state index contributed by atoms with van der Waals surface area (Å²) < 4.78 is 49.5. The Morgan fingerprint density at radius 2 is 1.80 bits per heavy atom. The summed E-state index contributed by atoms with van der Waals surface area (Å²) in [5, 5.41) is 9.87. The largest absolute Gasteiger partial charge is 0.478 e. The highest BCUT2D eigenvalue weighted by molar-refractivity contribution is 7.99. The van der Waals surface area contributed by atoms with E-state index >= 15 is 4.39 Å². The van der Waals surface area contributed by atoms with Crippen molar-refractivity contribution < 1.29 is 32.6 Å². The average molecular weight is 603 g/mol. The molecular formula is C30H26ClF3N2O4S. The molecule has 3 aromatic carbocycles. The number of piperidine rings is 1. The maximum absolute atomic E-state index is 15.4. The molecule has 0 radical (unpaired) electrons. The van der Waals surface area contributed by atoms with Crippen molar-refractivity contribution in [3.05, 3.63) is 93.9 Å². The van der Waals surface area contributed by atoms with Crippen molar-refractivity contribution >= 4 is 46.1 Å². The van der Waals surface area contributed by atoms with Crippen LogP contribution in [0.4, 0.5) is 13.2 Å². The summed E-state index contributed by atoms with van der Waals surface area (Å²) in [7, 11) is 0. The van der Waals surface area contributed by atoms with Crippen molar-refractivity contribution in [2.24, 2.45) is 0 Å². The predicted octanol–water partition coefficient (Wildman–Crippen LogP) is 7.08. The van der Waals surface area contributed by atoms with Gasteiger partial charge in [0.2, 0.25) is 5.91 Å². The Bertz CT molecular complexity index is 1640. The van der Waals surface area contributed by atoms with Gasteiger partial charge in [0.15, 0.2) is 17.5 Å². The van der Waals surface area contributed by atoms with Gasteiger partial charge in [0.05, 0.1) is 28.8 Å². The third kappa shape index (κ3) is 6.24. The lowest BCUT2D eigenvalue weighted by Crippen LogP contribution is -2.42. The Morgan fingerprint density at radius 1 is 1.05 bits per heavy atom. The molecule has 0 bridgehead atoms. The topological polar surface area (TPSA) is 71.8 Å². The number of ether oxygens (including phenoxy) is 1. The fourth-order valence-electron chi connectivity index (χ4n) is 4.96. The standard InChI is InChI=1S/C30H26ClF3N2O4S/c1-17-29(41-21-4-2-3-19(14-21)30(38)39)22-6-7-23(31)27(34)28(22)36(17)15-26(37)35-11-9-20(10-12-35)40-16-18-5-8-24(32)25(33)13-18/h2-8,13-14,20H,9-12,15-16H2,1H3,(H,38,39). The minimum atomic E-state index is -1.05. The first-order chi connectivity index (χ1) is 19.6. The van der Waals surface area contributed by atoms with Gasteiger partial charge in [-0.05, 0) is 67.8 Å². The molecule has 0 saturated carbocycles. The van der Waals surface area contributed by atoms with Crippen LogP contribution in [0.5, 0.6) is 0 Å². The normalized spacial score (nSPS) is 14.1. The lowest BCUT2D eigenvalue weighted by atomic mass is 10.1. The molecule has 1 fully saturated rings. The van der Waals surface area contributed by atoms with Crippen LogP contribution >= 0.6 is 23.4 Å². The summed E-state index contributed by atoms with van der Waals surface area (Å²) in [5.41, 5.74) is 1.54. The van der Waals surface area contributed by atoms with Crippen molar-refractivity contribution in [1.29, 1.82) is 0 Å². The Hall–Kier alpha value is -3.47. The van der Waals surface area contributed by atoms with Crippen molar-refractivity contribution in [3.63, 3.8) is 0 Å². The molecule has 6 nitrogen and oxygen atoms in total. The number of benzene rings is 3. The molecule has 214 valence electrons. The zero-order chi connectivity index (χ0) is 29.3. The van der Waals surface area contributed by atoms with Crippen LogP contribution in [-0.4, -0.2) is 45.6 Å². The highest BCUT2D eigenvalue weighted by atomic mass is 35.5. The van der Waals surface area contributed by atoms with E-state index in [0.717, 1.165) is 12.1 Å². The number of carboxylic acid groups (broad SMARTS) is 1. The number of carboxylic acids is 1. The number of carbonyl (C=O) groups is 2. The fraction of sp³-hybridized carbons (Fsp3) is 0.267. The van der Waals surface area contributed by atoms with E-state index in [1.54, 1.807) is 40.7 Å². The number of hydrogen-bond donors (Lipinski definition) is 1. The van der Waals surface area contributed by atoms with E-state index in [-0.39, 0.29) is 41.3 Å². The van der Waals surface area contributed by atoms with Gasteiger partial charge in [0.1, 0.15) is 6.54 Å². The number of nitrogens with zero attached hydrogens (tertiary/aromatic N) is 2. The number of fused-ring (bicyclic) bond motifs is 1. The lowest BCUT2D eigenvalue weighted by Gasteiger charge is -2.32. The number of hydrogen-bond acceptors (Lipinski definition) is 4. The Morgan fingerprint density at radius 3 is 2.51 bits per heavy atom. The van der Waals surface area contributed by atoms with Crippen molar-refractivity contribution in [3.8, 4) is 0 Å². The highest BCUT2D eigenvalue weighted by Crippen LogP contribution is 2.40. The van der Waals surface area contributed by atoms with Crippen LogP contribution in [0.25, 0.3) is 10.9 Å². The molecular weight excluding hydrogens is 577 g/mol. The predicted molar refractivity (Wildman–Crippen MR) is 150 cm³/mol. The van der Waals surface area contributed by atoms with Crippen LogP contribution in [-0.2, 0) is 22.7 Å². The Labute approximate surface area is 243 Å². The van der Waals surface area contributed by atoms with Gasteiger partial charge in [0, 0.05) is 34.0 Å². The first kappa shape index (κ1) is 29.0. The summed E-state index contributed by atoms with van der Waals surface area (Å²) >= 11 is 7.42. The number of likely N-dealkylation sites (tertiary alicyclic amines) is 1. The quantitative estimate of drug-likeness (QED) is 0.233. The monoisotopic (exact) mass is 602 g/mol. The third-order valence-electron chi connectivity index (χ3n) is 7.18. The fourth-order valence-corrected chi connectivity index (χ4v) is 6.21. The van der Waals surface area contributed by atoms with Gasteiger partial charge in [-0.25, -0.2) is 18.0 Å². The minimum Gasteiger partial charge on any atom is -0.478 e. The molecule has 1 aliphatic rings. The molecule has 0 aliphatic carbocycles. The lowest BCUT2D eigenvalue weighted by molar-refractivity contribution is -0.134. The minimum absolute atomic E-state index is 0.0628. The SMILES string of the molecule is Cc1c(Sc2cccc(C(=O)O)c2)c2ccc(Cl)c(F)c2n1CC(=O)N1CCC(OCc2ccc(F)c(F)c2)CC1. The van der Waals surface area contributed by atoms with Gasteiger partial charge >= 0.3 is 5.97 Å². The molecule has 5 rings (SSSR count). The number of amides is 1. The summed E-state index contributed by atoms with van der Waals surface area (Å²) in [6.07, 6.45) is 1.01. The molecule has 1 N–H and O–H groups in total. The number of rotatable bonds is 8. The van der Waals surface area contributed by atoms with E-state index in [1.165, 1.54) is 30.0 Å². The number of halogens is 4. The highest BCUT2D eigenvalue weighted by Gasteiger charge is 2.26. The van der Waals surface area contributed by atoms with Crippen LogP contribution in [0.15, 0.2) is 64.4 Å². The summed E-state index contributed by atoms with van der Waals surface area (Å²) in [6.45, 7) is 2.71. The van der Waals surface area contributed by atoms with Crippen molar-refractivity contribution in [2.75, 3.05) is 13.1 Å². The number of aromatic carboxylic acids is 1. The average Bonchev–Trinajstić information content (AvgIpc) is 3.22. The second kappa shape index (κ2) is 12.2. The second-order valence-electron chi connectivity index (χ2n) is 9.83. The maximum atomic E-state index is 15.4. The molecule has 11 heteroatoms. The number of aromatic nitrogens is 1. The van der Waals surface area contributed by atoms with Crippen LogP contribution in [0, 0.1) is 24.4 Å². The van der Waals surface area contributed by atoms with E-state index < -0.39 is 23.4 Å². The van der Waals surface area contributed by atoms with E-state index in [9.17, 15) is 23.5 Å². The van der Waals surface area contributed by atoms with Gasteiger partial charge in [0.25, 0.3) is 0 Å². The van der Waals surface area contributed by atoms with Crippen LogP contribution in [0.1, 0.15) is 34.5 Å². The van der Waals surface area contributed by atoms with Crippen molar-refractivity contribution in [2.45, 2.75) is 48.8 Å². The first-order valence-electron chi connectivity index (χ1n) is 12.9. The maximum Gasteiger partial charge on any atom is 0.335 e. The van der Waals surface area contributed by atoms with Crippen LogP contribution < -0.4 is 0 Å². The molecule has 0 unspecified atom stereocenters. The van der Waals surface area contributed by atoms with Gasteiger partial charge in [-0.3, -0.25) is 4.79 Å². The molecule has 4 aromatic rings. The smallest absolute Gasteiger partial charge is 0.335 e. The summed E-state index contributed by atoms with van der Waals surface area (Å²) in [6, 6.07) is 13.3. The van der Waals surface area contributed by atoms with Gasteiger partial charge < -0.3 is 19.3 Å². The molecule has 41 heavy (non-hydrogen) atoms. The van der Waals surface area contributed by atoms with Crippen LogP contribution in [0.2, 0.25) is 5.02 Å².